The highest BCUT2D eigenvalue weighted by molar-refractivity contribution is 7.92. The van der Waals surface area contributed by atoms with Crippen LogP contribution in [0.15, 0.2) is 72.8 Å². The average molecular weight is 621 g/mol. The van der Waals surface area contributed by atoms with Gasteiger partial charge in [0.1, 0.15) is 18.3 Å². The fraction of sp³-hybridized carbons (Fsp3) is 0.333. The number of benzene rings is 3. The zero-order valence-corrected chi connectivity index (χ0v) is 25.8. The predicted octanol–water partition coefficient (Wildman–Crippen LogP) is 5.32. The summed E-state index contributed by atoms with van der Waals surface area (Å²) in [7, 11) is -2.39. The summed E-state index contributed by atoms with van der Waals surface area (Å²) in [5.41, 5.74) is 1.56. The molecule has 3 rings (SSSR count). The van der Waals surface area contributed by atoms with E-state index in [1.807, 2.05) is 44.2 Å². The summed E-state index contributed by atoms with van der Waals surface area (Å²) in [6.45, 7) is 3.17. The average Bonchev–Trinajstić information content (AvgIpc) is 2.94. The van der Waals surface area contributed by atoms with Gasteiger partial charge in [0.25, 0.3) is 0 Å². The summed E-state index contributed by atoms with van der Waals surface area (Å²) in [6.07, 6.45) is 1.91. The maximum absolute atomic E-state index is 14.1. The van der Waals surface area contributed by atoms with E-state index < -0.39 is 28.5 Å². The van der Waals surface area contributed by atoms with Gasteiger partial charge in [-0.15, -0.1) is 0 Å². The highest BCUT2D eigenvalue weighted by Gasteiger charge is 2.34. The summed E-state index contributed by atoms with van der Waals surface area (Å²) in [6, 6.07) is 19.5. The summed E-state index contributed by atoms with van der Waals surface area (Å²) < 4.78 is 32.0. The maximum atomic E-state index is 14.1. The number of anilines is 1. The Hall–Kier alpha value is -3.27. The van der Waals surface area contributed by atoms with Crippen LogP contribution >= 0.6 is 23.2 Å². The van der Waals surface area contributed by atoms with Gasteiger partial charge in [0, 0.05) is 34.6 Å². The second-order valence-corrected chi connectivity index (χ2v) is 12.4. The van der Waals surface area contributed by atoms with Gasteiger partial charge in [0.05, 0.1) is 19.1 Å². The number of amides is 2. The topological polar surface area (TPSA) is 96.0 Å². The first-order chi connectivity index (χ1) is 19.4. The predicted molar refractivity (Wildman–Crippen MR) is 164 cm³/mol. The number of carbonyl (C=O) groups excluding carboxylic acids is 2. The number of nitrogens with zero attached hydrogens (tertiary/aromatic N) is 2. The van der Waals surface area contributed by atoms with Crippen molar-refractivity contribution in [1.82, 2.24) is 10.2 Å². The van der Waals surface area contributed by atoms with E-state index in [1.165, 1.54) is 12.0 Å². The highest BCUT2D eigenvalue weighted by atomic mass is 35.5. The van der Waals surface area contributed by atoms with E-state index >= 15 is 0 Å². The van der Waals surface area contributed by atoms with Crippen LogP contribution in [0.4, 0.5) is 5.69 Å². The monoisotopic (exact) mass is 619 g/mol. The Morgan fingerprint density at radius 2 is 1.56 bits per heavy atom. The molecule has 1 N–H and O–H groups in total. The molecule has 0 saturated carbocycles. The number of hydrogen-bond acceptors (Lipinski definition) is 5. The molecule has 0 spiro atoms. The van der Waals surface area contributed by atoms with Gasteiger partial charge < -0.3 is 15.0 Å². The van der Waals surface area contributed by atoms with Crippen molar-refractivity contribution in [2.24, 2.45) is 0 Å². The number of methoxy groups -OCH3 is 1. The van der Waals surface area contributed by atoms with E-state index in [0.29, 0.717) is 27.8 Å². The quantitative estimate of drug-likeness (QED) is 0.279. The molecule has 11 heteroatoms. The molecule has 220 valence electrons. The van der Waals surface area contributed by atoms with Crippen LogP contribution in [0.2, 0.25) is 10.0 Å². The second kappa shape index (κ2) is 14.6. The van der Waals surface area contributed by atoms with Crippen LogP contribution < -0.4 is 14.4 Å². The van der Waals surface area contributed by atoms with Gasteiger partial charge in [-0.3, -0.25) is 13.9 Å². The lowest BCUT2D eigenvalue weighted by Crippen LogP contribution is -2.54. The molecular formula is C30H35Cl2N3O5S. The number of rotatable bonds is 13. The molecule has 0 heterocycles. The molecule has 0 aromatic heterocycles. The Bertz CT molecular complexity index is 1420. The Kier molecular flexibility index (Phi) is 11.5. The van der Waals surface area contributed by atoms with Crippen molar-refractivity contribution in [2.45, 2.75) is 45.3 Å². The van der Waals surface area contributed by atoms with Gasteiger partial charge in [0.15, 0.2) is 0 Å². The molecule has 0 saturated heterocycles. The zero-order valence-electron chi connectivity index (χ0n) is 23.5. The third-order valence-electron chi connectivity index (χ3n) is 6.70. The van der Waals surface area contributed by atoms with Crippen LogP contribution in [0.5, 0.6) is 5.75 Å². The second-order valence-electron chi connectivity index (χ2n) is 9.71. The fourth-order valence-electron chi connectivity index (χ4n) is 4.21. The molecular weight excluding hydrogens is 585 g/mol. The van der Waals surface area contributed by atoms with Crippen LogP contribution in [0.25, 0.3) is 0 Å². The molecule has 0 unspecified atom stereocenters. The van der Waals surface area contributed by atoms with Crippen molar-refractivity contribution >= 4 is 50.7 Å². The van der Waals surface area contributed by atoms with Gasteiger partial charge in [0.2, 0.25) is 21.8 Å². The first-order valence-electron chi connectivity index (χ1n) is 13.1. The molecule has 3 aromatic rings. The Morgan fingerprint density at radius 1 is 0.951 bits per heavy atom. The Morgan fingerprint density at radius 3 is 2.10 bits per heavy atom. The van der Waals surface area contributed by atoms with E-state index in [4.69, 9.17) is 27.9 Å². The number of hydrogen-bond donors (Lipinski definition) is 1. The van der Waals surface area contributed by atoms with Crippen LogP contribution in [-0.2, 0) is 32.6 Å². The van der Waals surface area contributed by atoms with E-state index in [0.717, 1.165) is 16.1 Å². The van der Waals surface area contributed by atoms with Gasteiger partial charge in [-0.25, -0.2) is 8.42 Å². The Labute approximate surface area is 252 Å². The summed E-state index contributed by atoms with van der Waals surface area (Å²) in [4.78, 5) is 29.2. The van der Waals surface area contributed by atoms with Crippen molar-refractivity contribution in [3.8, 4) is 5.75 Å². The molecule has 8 nitrogen and oxygen atoms in total. The maximum Gasteiger partial charge on any atom is 0.244 e. The number of ether oxygens (including phenoxy) is 1. The van der Waals surface area contributed by atoms with E-state index in [9.17, 15) is 18.0 Å². The van der Waals surface area contributed by atoms with Gasteiger partial charge >= 0.3 is 0 Å². The van der Waals surface area contributed by atoms with Crippen LogP contribution in [0.1, 0.15) is 31.4 Å². The smallest absolute Gasteiger partial charge is 0.244 e. The van der Waals surface area contributed by atoms with E-state index in [1.54, 1.807) is 42.5 Å². The summed E-state index contributed by atoms with van der Waals surface area (Å²) >= 11 is 13.0. The molecule has 0 radical (unpaired) electrons. The third kappa shape index (κ3) is 8.86. The number of halogens is 2. The lowest BCUT2D eigenvalue weighted by atomic mass is 10.0. The fourth-order valence-corrected chi connectivity index (χ4v) is 5.58. The van der Waals surface area contributed by atoms with Gasteiger partial charge in [-0.05, 0) is 55.3 Å². The first kappa shape index (κ1) is 32.2. The molecule has 0 aliphatic heterocycles. The lowest BCUT2D eigenvalue weighted by molar-refractivity contribution is -0.140. The molecule has 0 aliphatic rings. The van der Waals surface area contributed by atoms with Crippen LogP contribution in [0.3, 0.4) is 0 Å². The number of sulfonamides is 1. The third-order valence-corrected chi connectivity index (χ3v) is 8.55. The SMILES string of the molecule is CC[C@@H](C)NC(=O)[C@@H](Cc1ccccc1)N(Cc1c(Cl)cccc1Cl)C(=O)CN(c1ccc(OC)cc1)S(C)(=O)=O. The van der Waals surface area contributed by atoms with E-state index in [2.05, 4.69) is 5.32 Å². The molecule has 2 atom stereocenters. The van der Waals surface area contributed by atoms with Crippen molar-refractivity contribution in [3.63, 3.8) is 0 Å². The zero-order chi connectivity index (χ0) is 30.2. The molecule has 0 bridgehead atoms. The van der Waals surface area contributed by atoms with Crippen LogP contribution in [-0.4, -0.2) is 57.1 Å². The molecule has 0 fully saturated rings. The van der Waals surface area contributed by atoms with Crippen molar-refractivity contribution in [1.29, 1.82) is 0 Å². The minimum Gasteiger partial charge on any atom is -0.497 e. The first-order valence-corrected chi connectivity index (χ1v) is 15.7. The summed E-state index contributed by atoms with van der Waals surface area (Å²) in [5, 5.41) is 3.63. The highest BCUT2D eigenvalue weighted by Crippen LogP contribution is 2.28. The number of nitrogens with one attached hydrogen (secondary N) is 1. The minimum atomic E-state index is -3.89. The van der Waals surface area contributed by atoms with Crippen molar-refractivity contribution in [3.05, 3.63) is 94.0 Å². The van der Waals surface area contributed by atoms with Gasteiger partial charge in [-0.1, -0.05) is 66.5 Å². The standard InChI is InChI=1S/C30H35Cl2N3O5S/c1-5-21(2)33-30(37)28(18-22-10-7-6-8-11-22)34(19-25-26(31)12-9-13-27(25)32)29(36)20-35(41(4,38)39)23-14-16-24(40-3)17-15-23/h6-17,21,28H,5,18-20H2,1-4H3,(H,33,37)/t21-,28-/m1/s1. The Balaban J connectivity index is 2.09. The molecule has 2 amide bonds. The van der Waals surface area contributed by atoms with Crippen LogP contribution in [0, 0.1) is 0 Å². The number of carbonyl (C=O) groups is 2. The minimum absolute atomic E-state index is 0.108. The lowest BCUT2D eigenvalue weighted by Gasteiger charge is -2.34. The normalized spacial score (nSPS) is 12.7. The van der Waals surface area contributed by atoms with Gasteiger partial charge in [-0.2, -0.15) is 0 Å². The van der Waals surface area contributed by atoms with Crippen molar-refractivity contribution < 1.29 is 22.7 Å². The summed E-state index contributed by atoms with van der Waals surface area (Å²) in [5.74, 6) is -0.425. The molecule has 41 heavy (non-hydrogen) atoms. The van der Waals surface area contributed by atoms with E-state index in [-0.39, 0.29) is 30.6 Å². The van der Waals surface area contributed by atoms with Crippen molar-refractivity contribution in [2.75, 3.05) is 24.2 Å². The molecule has 0 aliphatic carbocycles. The largest absolute Gasteiger partial charge is 0.497 e. The molecule has 3 aromatic carbocycles.